The standard InChI is InChI=1S/C7H5Br2/c1-5-4-6(8)2-3-7(5)9/h3-4H,1H3. The van der Waals surface area contributed by atoms with E-state index < -0.39 is 0 Å². The highest BCUT2D eigenvalue weighted by molar-refractivity contribution is 9.11. The topological polar surface area (TPSA) is 0 Å². The summed E-state index contributed by atoms with van der Waals surface area (Å²) in [6, 6.07) is 6.93. The fraction of sp³-hybridized carbons (Fsp3) is 0.143. The molecule has 0 aliphatic carbocycles. The van der Waals surface area contributed by atoms with E-state index in [1.807, 2.05) is 19.1 Å². The summed E-state index contributed by atoms with van der Waals surface area (Å²) in [7, 11) is 0. The van der Waals surface area contributed by atoms with Crippen LogP contribution < -0.4 is 0 Å². The zero-order valence-corrected chi connectivity index (χ0v) is 8.08. The van der Waals surface area contributed by atoms with Crippen LogP contribution in [0.2, 0.25) is 0 Å². The second-order valence-electron chi connectivity index (χ2n) is 1.81. The number of rotatable bonds is 0. The van der Waals surface area contributed by atoms with Crippen molar-refractivity contribution < 1.29 is 0 Å². The summed E-state index contributed by atoms with van der Waals surface area (Å²) in [5, 5.41) is 0. The Kier molecular flexibility index (Phi) is 2.30. The second kappa shape index (κ2) is 2.84. The van der Waals surface area contributed by atoms with Gasteiger partial charge in [-0.25, -0.2) is 0 Å². The summed E-state index contributed by atoms with van der Waals surface area (Å²) < 4.78 is 2.11. The van der Waals surface area contributed by atoms with Crippen molar-refractivity contribution in [2.75, 3.05) is 0 Å². The van der Waals surface area contributed by atoms with Crippen LogP contribution in [0.5, 0.6) is 0 Å². The van der Waals surface area contributed by atoms with E-state index in [1.165, 1.54) is 5.56 Å². The average Bonchev–Trinajstić information content (AvgIpc) is 1.80. The fourth-order valence-electron chi connectivity index (χ4n) is 0.547. The molecule has 1 aromatic carbocycles. The lowest BCUT2D eigenvalue weighted by Crippen LogP contribution is -1.73. The van der Waals surface area contributed by atoms with Crippen LogP contribution >= 0.6 is 31.9 Å². The van der Waals surface area contributed by atoms with Crippen molar-refractivity contribution >= 4 is 31.9 Å². The van der Waals surface area contributed by atoms with Gasteiger partial charge in [0.2, 0.25) is 0 Å². The molecule has 1 rings (SSSR count). The van der Waals surface area contributed by atoms with Gasteiger partial charge in [0.1, 0.15) is 0 Å². The Hall–Kier alpha value is 0.180. The van der Waals surface area contributed by atoms with Crippen molar-refractivity contribution in [1.29, 1.82) is 0 Å². The number of benzene rings is 1. The molecule has 0 aliphatic rings. The molecule has 0 fully saturated rings. The quantitative estimate of drug-likeness (QED) is 0.661. The maximum absolute atomic E-state index is 3.38. The number of aryl methyl sites for hydroxylation is 1. The van der Waals surface area contributed by atoms with Crippen molar-refractivity contribution in [3.63, 3.8) is 0 Å². The van der Waals surface area contributed by atoms with Crippen molar-refractivity contribution in [2.24, 2.45) is 0 Å². The SMILES string of the molecule is Cc1cc(Br)[c]cc1Br. The van der Waals surface area contributed by atoms with Crippen LogP contribution in [-0.4, -0.2) is 0 Å². The Morgan fingerprint density at radius 3 is 2.56 bits per heavy atom. The number of halogens is 2. The van der Waals surface area contributed by atoms with Gasteiger partial charge in [-0.1, -0.05) is 31.9 Å². The Bertz CT molecular complexity index is 218. The largest absolute Gasteiger partial charge is 0.0505 e. The zero-order chi connectivity index (χ0) is 6.85. The third-order valence-corrected chi connectivity index (χ3v) is 2.37. The Morgan fingerprint density at radius 1 is 1.44 bits per heavy atom. The van der Waals surface area contributed by atoms with E-state index in [2.05, 4.69) is 37.9 Å². The van der Waals surface area contributed by atoms with Gasteiger partial charge in [0.05, 0.1) is 0 Å². The first-order chi connectivity index (χ1) is 4.20. The van der Waals surface area contributed by atoms with Gasteiger partial charge < -0.3 is 0 Å². The minimum atomic E-state index is 1.00. The van der Waals surface area contributed by atoms with Crippen LogP contribution in [0.1, 0.15) is 5.56 Å². The van der Waals surface area contributed by atoms with Gasteiger partial charge in [-0.15, -0.1) is 0 Å². The first-order valence-corrected chi connectivity index (χ1v) is 4.12. The van der Waals surface area contributed by atoms with E-state index in [1.54, 1.807) is 0 Å². The Labute approximate surface area is 71.5 Å². The number of hydrogen-bond donors (Lipinski definition) is 0. The first-order valence-electron chi connectivity index (χ1n) is 2.53. The van der Waals surface area contributed by atoms with E-state index >= 15 is 0 Å². The van der Waals surface area contributed by atoms with Gasteiger partial charge in [-0.2, -0.15) is 0 Å². The molecule has 9 heavy (non-hydrogen) atoms. The lowest BCUT2D eigenvalue weighted by Gasteiger charge is -1.95. The summed E-state index contributed by atoms with van der Waals surface area (Å²) in [5.41, 5.74) is 1.22. The summed E-state index contributed by atoms with van der Waals surface area (Å²) in [5.74, 6) is 0. The summed E-state index contributed by atoms with van der Waals surface area (Å²) >= 11 is 6.70. The molecule has 0 heterocycles. The van der Waals surface area contributed by atoms with Crippen LogP contribution in [-0.2, 0) is 0 Å². The molecule has 1 aromatic rings. The van der Waals surface area contributed by atoms with Gasteiger partial charge in [-0.05, 0) is 30.7 Å². The molecule has 0 unspecified atom stereocenters. The molecule has 0 N–H and O–H groups in total. The molecule has 0 aliphatic heterocycles. The molecule has 1 radical (unpaired) electrons. The van der Waals surface area contributed by atoms with E-state index in [9.17, 15) is 0 Å². The van der Waals surface area contributed by atoms with Crippen LogP contribution in [0.25, 0.3) is 0 Å². The number of hydrogen-bond acceptors (Lipinski definition) is 0. The predicted octanol–water partition coefficient (Wildman–Crippen LogP) is 3.32. The van der Waals surface area contributed by atoms with Crippen LogP contribution in [0, 0.1) is 13.0 Å². The van der Waals surface area contributed by atoms with Crippen molar-refractivity contribution in [1.82, 2.24) is 0 Å². The molecule has 0 nitrogen and oxygen atoms in total. The second-order valence-corrected chi connectivity index (χ2v) is 3.52. The van der Waals surface area contributed by atoms with Crippen LogP contribution in [0.3, 0.4) is 0 Å². The molecule has 0 saturated carbocycles. The molecule has 0 atom stereocenters. The normalized spacial score (nSPS) is 9.67. The molecular weight excluding hydrogens is 244 g/mol. The highest BCUT2D eigenvalue weighted by atomic mass is 79.9. The van der Waals surface area contributed by atoms with E-state index in [0.29, 0.717) is 0 Å². The first kappa shape index (κ1) is 7.29. The van der Waals surface area contributed by atoms with E-state index in [4.69, 9.17) is 0 Å². The van der Waals surface area contributed by atoms with Gasteiger partial charge in [0.25, 0.3) is 0 Å². The van der Waals surface area contributed by atoms with Crippen molar-refractivity contribution in [3.05, 3.63) is 32.7 Å². The molecule has 0 amide bonds. The lowest BCUT2D eigenvalue weighted by atomic mass is 10.2. The smallest absolute Gasteiger partial charge is 0.0257 e. The highest BCUT2D eigenvalue weighted by Gasteiger charge is 1.92. The lowest BCUT2D eigenvalue weighted by molar-refractivity contribution is 1.41. The summed E-state index contributed by atoms with van der Waals surface area (Å²) in [4.78, 5) is 0. The third kappa shape index (κ3) is 1.80. The maximum atomic E-state index is 3.38. The predicted molar refractivity (Wildman–Crippen MR) is 45.4 cm³/mol. The van der Waals surface area contributed by atoms with Gasteiger partial charge in [0.15, 0.2) is 0 Å². The molecule has 47 valence electrons. The molecule has 2 heteroatoms. The zero-order valence-electron chi connectivity index (χ0n) is 4.91. The summed E-state index contributed by atoms with van der Waals surface area (Å²) in [6.45, 7) is 2.04. The molecule has 0 aromatic heterocycles. The van der Waals surface area contributed by atoms with Crippen molar-refractivity contribution in [3.8, 4) is 0 Å². The average molecular weight is 249 g/mol. The van der Waals surface area contributed by atoms with Gasteiger partial charge >= 0.3 is 0 Å². The molecule has 0 saturated heterocycles. The maximum Gasteiger partial charge on any atom is 0.0257 e. The van der Waals surface area contributed by atoms with E-state index in [-0.39, 0.29) is 0 Å². The van der Waals surface area contributed by atoms with Crippen molar-refractivity contribution in [2.45, 2.75) is 6.92 Å². The van der Waals surface area contributed by atoms with Crippen LogP contribution in [0.15, 0.2) is 21.1 Å². The monoisotopic (exact) mass is 247 g/mol. The Balaban J connectivity index is 3.17. The third-order valence-electron chi connectivity index (χ3n) is 1.06. The Morgan fingerprint density at radius 2 is 2.11 bits per heavy atom. The molecule has 0 bridgehead atoms. The van der Waals surface area contributed by atoms with E-state index in [0.717, 1.165) is 8.95 Å². The molecule has 0 spiro atoms. The molecular formula is C7H5Br2. The highest BCUT2D eigenvalue weighted by Crippen LogP contribution is 2.19. The fourth-order valence-corrected chi connectivity index (χ4v) is 1.23. The van der Waals surface area contributed by atoms with Crippen LogP contribution in [0.4, 0.5) is 0 Å². The van der Waals surface area contributed by atoms with Gasteiger partial charge in [0, 0.05) is 8.95 Å². The summed E-state index contributed by atoms with van der Waals surface area (Å²) in [6.07, 6.45) is 0. The van der Waals surface area contributed by atoms with Gasteiger partial charge in [-0.3, -0.25) is 0 Å². The minimum absolute atomic E-state index is 1.00. The minimum Gasteiger partial charge on any atom is -0.0505 e.